The van der Waals surface area contributed by atoms with Crippen LogP contribution >= 0.6 is 0 Å². The molecule has 3 rings (SSSR count). The fourth-order valence-electron chi connectivity index (χ4n) is 2.71. The first kappa shape index (κ1) is 20.7. The van der Waals surface area contributed by atoms with Crippen LogP contribution in [0.5, 0.6) is 5.75 Å². The third kappa shape index (κ3) is 4.89. The Kier molecular flexibility index (Phi) is 5.56. The number of halogens is 3. The van der Waals surface area contributed by atoms with Crippen LogP contribution in [0.4, 0.5) is 13.2 Å². The molecule has 1 amide bonds. The maximum Gasteiger partial charge on any atom is 0.471 e. The lowest BCUT2D eigenvalue weighted by molar-refractivity contribution is -0.173. The summed E-state index contributed by atoms with van der Waals surface area (Å²) in [7, 11) is -4.00. The van der Waals surface area contributed by atoms with Crippen molar-refractivity contribution in [1.82, 2.24) is 10.3 Å². The number of hydrogen-bond acceptors (Lipinski definition) is 4. The number of rotatable bonds is 6. The molecule has 3 aromatic rings. The molecule has 2 N–H and O–H groups in total. The molecule has 6 nitrogen and oxygen atoms in total. The number of aromatic amines is 1. The van der Waals surface area contributed by atoms with Crippen LogP contribution in [0.1, 0.15) is 11.1 Å². The molecule has 1 heterocycles. The zero-order valence-corrected chi connectivity index (χ0v) is 16.0. The lowest BCUT2D eigenvalue weighted by Gasteiger charge is -2.08. The van der Waals surface area contributed by atoms with Gasteiger partial charge in [-0.2, -0.15) is 21.6 Å². The van der Waals surface area contributed by atoms with Crippen molar-refractivity contribution in [3.05, 3.63) is 59.8 Å². The zero-order valence-electron chi connectivity index (χ0n) is 15.2. The smallest absolute Gasteiger partial charge is 0.379 e. The predicted molar refractivity (Wildman–Crippen MR) is 100 cm³/mol. The van der Waals surface area contributed by atoms with E-state index in [0.717, 1.165) is 5.56 Å². The van der Waals surface area contributed by atoms with E-state index in [2.05, 4.69) is 4.98 Å². The summed E-state index contributed by atoms with van der Waals surface area (Å²) in [5, 5.41) is 2.49. The molecule has 154 valence electrons. The van der Waals surface area contributed by atoms with Gasteiger partial charge in [0.25, 0.3) is 0 Å². The molecule has 0 aliphatic heterocycles. The molecule has 1 aromatic heterocycles. The number of benzene rings is 2. The molecule has 0 aliphatic rings. The Balaban J connectivity index is 1.72. The molecule has 0 atom stereocenters. The van der Waals surface area contributed by atoms with Gasteiger partial charge in [0.2, 0.25) is 0 Å². The molecule has 29 heavy (non-hydrogen) atoms. The second-order valence-corrected chi connectivity index (χ2v) is 7.92. The van der Waals surface area contributed by atoms with Crippen LogP contribution in [0.15, 0.2) is 53.6 Å². The number of H-pyrrole nitrogens is 1. The van der Waals surface area contributed by atoms with Crippen LogP contribution in [0, 0.1) is 6.92 Å². The highest BCUT2D eigenvalue weighted by Gasteiger charge is 2.38. The van der Waals surface area contributed by atoms with Gasteiger partial charge in [-0.05, 0) is 43.2 Å². The molecule has 0 fully saturated rings. The number of nitrogens with one attached hydrogen (secondary N) is 2. The van der Waals surface area contributed by atoms with E-state index in [1.165, 1.54) is 24.3 Å². The Labute approximate surface area is 164 Å². The molecule has 10 heteroatoms. The van der Waals surface area contributed by atoms with E-state index in [-0.39, 0.29) is 23.6 Å². The lowest BCUT2D eigenvalue weighted by Crippen LogP contribution is -2.37. The van der Waals surface area contributed by atoms with Gasteiger partial charge in [-0.15, -0.1) is 0 Å². The molecule has 0 bridgehead atoms. The second kappa shape index (κ2) is 7.78. The monoisotopic (exact) mass is 426 g/mol. The number of aromatic nitrogens is 1. The van der Waals surface area contributed by atoms with Gasteiger partial charge in [-0.3, -0.25) is 4.79 Å². The van der Waals surface area contributed by atoms with Gasteiger partial charge in [-0.1, -0.05) is 17.7 Å². The van der Waals surface area contributed by atoms with Crippen molar-refractivity contribution in [2.24, 2.45) is 0 Å². The summed E-state index contributed by atoms with van der Waals surface area (Å²) in [6, 6.07) is 10.8. The molecular weight excluding hydrogens is 409 g/mol. The minimum atomic E-state index is -4.92. The normalized spacial score (nSPS) is 12.1. The number of amides is 1. The molecule has 0 saturated carbocycles. The Bertz CT molecular complexity index is 1140. The molecule has 0 aliphatic carbocycles. The first-order valence-electron chi connectivity index (χ1n) is 8.52. The Morgan fingerprint density at radius 2 is 1.83 bits per heavy atom. The van der Waals surface area contributed by atoms with Gasteiger partial charge in [-0.25, -0.2) is 0 Å². The van der Waals surface area contributed by atoms with E-state index in [1.54, 1.807) is 24.4 Å². The topological polar surface area (TPSA) is 88.3 Å². The largest absolute Gasteiger partial charge is 0.471 e. The van der Waals surface area contributed by atoms with Gasteiger partial charge in [0, 0.05) is 29.7 Å². The van der Waals surface area contributed by atoms with E-state index < -0.39 is 22.2 Å². The third-order valence-corrected chi connectivity index (χ3v) is 5.45. The van der Waals surface area contributed by atoms with Crippen molar-refractivity contribution in [1.29, 1.82) is 0 Å². The number of hydrogen-bond donors (Lipinski definition) is 2. The van der Waals surface area contributed by atoms with Gasteiger partial charge >= 0.3 is 22.2 Å². The molecule has 0 spiro atoms. The van der Waals surface area contributed by atoms with Gasteiger partial charge in [0.1, 0.15) is 10.6 Å². The number of alkyl halides is 3. The standard InChI is InChI=1S/C19H17F3N2O4S/c1-12-2-5-15(6-3-12)29(26,27)28-14-4-7-16-13(11-24-17(16)10-14)8-9-23-18(25)19(20,21)22/h2-7,10-11,24H,8-9H2,1H3,(H,23,25). The van der Waals surface area contributed by atoms with Crippen LogP contribution in [-0.4, -0.2) is 32.0 Å². The molecule has 0 saturated heterocycles. The first-order chi connectivity index (χ1) is 13.6. The minimum Gasteiger partial charge on any atom is -0.379 e. The fourth-order valence-corrected chi connectivity index (χ4v) is 3.64. The lowest BCUT2D eigenvalue weighted by atomic mass is 10.1. The number of carbonyl (C=O) groups is 1. The third-order valence-electron chi connectivity index (χ3n) is 4.19. The number of fused-ring (bicyclic) bond motifs is 1. The highest BCUT2D eigenvalue weighted by Crippen LogP contribution is 2.26. The second-order valence-electron chi connectivity index (χ2n) is 6.38. The number of aryl methyl sites for hydroxylation is 1. The Morgan fingerprint density at radius 3 is 2.48 bits per heavy atom. The van der Waals surface area contributed by atoms with Crippen LogP contribution in [0.3, 0.4) is 0 Å². The van der Waals surface area contributed by atoms with Crippen molar-refractivity contribution in [2.45, 2.75) is 24.4 Å². The molecule has 0 radical (unpaired) electrons. The van der Waals surface area contributed by atoms with Gasteiger partial charge in [0.15, 0.2) is 0 Å². The molecule has 2 aromatic carbocycles. The van der Waals surface area contributed by atoms with Crippen LogP contribution < -0.4 is 9.50 Å². The summed E-state index contributed by atoms with van der Waals surface area (Å²) >= 11 is 0. The highest BCUT2D eigenvalue weighted by atomic mass is 32.2. The summed E-state index contributed by atoms with van der Waals surface area (Å²) in [6.07, 6.45) is -3.16. The molecular formula is C19H17F3N2O4S. The van der Waals surface area contributed by atoms with E-state index in [4.69, 9.17) is 4.18 Å². The summed E-state index contributed by atoms with van der Waals surface area (Å²) in [5.74, 6) is -1.90. The van der Waals surface area contributed by atoms with Crippen molar-refractivity contribution in [3.8, 4) is 5.75 Å². The average Bonchev–Trinajstić information content (AvgIpc) is 3.03. The summed E-state index contributed by atoms with van der Waals surface area (Å²) in [4.78, 5) is 13.8. The molecule has 0 unspecified atom stereocenters. The first-order valence-corrected chi connectivity index (χ1v) is 9.93. The van der Waals surface area contributed by atoms with Crippen molar-refractivity contribution in [3.63, 3.8) is 0 Å². The van der Waals surface area contributed by atoms with Gasteiger partial charge < -0.3 is 14.5 Å². The van der Waals surface area contributed by atoms with E-state index in [1.807, 2.05) is 12.2 Å². The van der Waals surface area contributed by atoms with E-state index >= 15 is 0 Å². The quantitative estimate of drug-likeness (QED) is 0.591. The van der Waals surface area contributed by atoms with Crippen LogP contribution in [0.25, 0.3) is 10.9 Å². The number of carbonyl (C=O) groups excluding carboxylic acids is 1. The zero-order chi connectivity index (χ0) is 21.2. The Hall–Kier alpha value is -3.01. The maximum absolute atomic E-state index is 12.4. The summed E-state index contributed by atoms with van der Waals surface area (Å²) in [5.41, 5.74) is 2.14. The van der Waals surface area contributed by atoms with Gasteiger partial charge in [0.05, 0.1) is 0 Å². The SMILES string of the molecule is Cc1ccc(S(=O)(=O)Oc2ccc3c(CCNC(=O)C(F)(F)F)c[nH]c3c2)cc1. The van der Waals surface area contributed by atoms with E-state index in [9.17, 15) is 26.4 Å². The van der Waals surface area contributed by atoms with Crippen LogP contribution in [-0.2, 0) is 21.3 Å². The maximum atomic E-state index is 12.4. The summed E-state index contributed by atoms with van der Waals surface area (Å²) in [6.45, 7) is 1.65. The summed E-state index contributed by atoms with van der Waals surface area (Å²) < 4.78 is 66.5. The minimum absolute atomic E-state index is 0.0239. The van der Waals surface area contributed by atoms with Crippen molar-refractivity contribution >= 4 is 26.9 Å². The van der Waals surface area contributed by atoms with Crippen LogP contribution in [0.2, 0.25) is 0 Å². The Morgan fingerprint density at radius 1 is 1.14 bits per heavy atom. The van der Waals surface area contributed by atoms with E-state index in [0.29, 0.717) is 16.5 Å². The van der Waals surface area contributed by atoms with Crippen molar-refractivity contribution < 1.29 is 30.6 Å². The van der Waals surface area contributed by atoms with Crippen molar-refractivity contribution in [2.75, 3.05) is 6.54 Å². The highest BCUT2D eigenvalue weighted by molar-refractivity contribution is 7.87. The predicted octanol–water partition coefficient (Wildman–Crippen LogP) is 3.47. The fraction of sp³-hybridized carbons (Fsp3) is 0.211. The average molecular weight is 426 g/mol.